The highest BCUT2D eigenvalue weighted by atomic mass is 16.6. The summed E-state index contributed by atoms with van der Waals surface area (Å²) in [6.07, 6.45) is 8.93. The fourth-order valence-electron chi connectivity index (χ4n) is 2.57. The average Bonchev–Trinajstić information content (AvgIpc) is 2.05. The number of hydrogen-bond donors (Lipinski definition) is 1. The van der Waals surface area contributed by atoms with Crippen LogP contribution >= 0.6 is 0 Å². The number of ether oxygens (including phenoxy) is 1. The van der Waals surface area contributed by atoms with E-state index in [-0.39, 0.29) is 5.60 Å². The van der Waals surface area contributed by atoms with Gasteiger partial charge in [0.2, 0.25) is 0 Å². The summed E-state index contributed by atoms with van der Waals surface area (Å²) >= 11 is 0. The Morgan fingerprint density at radius 3 is 2.33 bits per heavy atom. The molecule has 0 radical (unpaired) electrons. The Morgan fingerprint density at radius 2 is 1.67 bits per heavy atom. The Kier molecular flexibility index (Phi) is 2.37. The van der Waals surface area contributed by atoms with Crippen LogP contribution in [0.1, 0.15) is 51.4 Å². The van der Waals surface area contributed by atoms with Crippen LogP contribution in [0, 0.1) is 0 Å². The van der Waals surface area contributed by atoms with E-state index in [1.54, 1.807) is 0 Å². The predicted octanol–water partition coefficient (Wildman–Crippen LogP) is 2.21. The highest BCUT2D eigenvalue weighted by Gasteiger charge is 2.37. The van der Waals surface area contributed by atoms with Crippen LogP contribution in [0.3, 0.4) is 0 Å². The third kappa shape index (κ3) is 1.64. The second-order valence-electron chi connectivity index (χ2n) is 4.21. The van der Waals surface area contributed by atoms with E-state index in [2.05, 4.69) is 0 Å². The molecule has 1 aliphatic carbocycles. The van der Waals surface area contributed by atoms with Crippen LogP contribution in [0.4, 0.5) is 0 Å². The quantitative estimate of drug-likeness (QED) is 0.604. The van der Waals surface area contributed by atoms with Crippen molar-refractivity contribution in [3.63, 3.8) is 0 Å². The highest BCUT2D eigenvalue weighted by molar-refractivity contribution is 4.87. The van der Waals surface area contributed by atoms with E-state index in [4.69, 9.17) is 4.74 Å². The fraction of sp³-hybridized carbons (Fsp3) is 1.00. The van der Waals surface area contributed by atoms with Crippen LogP contribution in [0.2, 0.25) is 0 Å². The van der Waals surface area contributed by atoms with Gasteiger partial charge < -0.3 is 9.84 Å². The molecule has 1 N–H and O–H groups in total. The van der Waals surface area contributed by atoms with E-state index < -0.39 is 6.29 Å². The van der Waals surface area contributed by atoms with Crippen molar-refractivity contribution in [1.82, 2.24) is 0 Å². The minimum Gasteiger partial charge on any atom is -0.368 e. The number of hydrogen-bond acceptors (Lipinski definition) is 2. The maximum Gasteiger partial charge on any atom is 0.155 e. The van der Waals surface area contributed by atoms with Crippen molar-refractivity contribution < 1.29 is 9.84 Å². The average molecular weight is 170 g/mol. The van der Waals surface area contributed by atoms with Gasteiger partial charge in [0.15, 0.2) is 6.29 Å². The Labute approximate surface area is 73.9 Å². The Morgan fingerprint density at radius 1 is 1.00 bits per heavy atom. The smallest absolute Gasteiger partial charge is 0.155 e. The number of aliphatic hydroxyl groups is 1. The normalized spacial score (nSPS) is 35.2. The van der Waals surface area contributed by atoms with Gasteiger partial charge >= 0.3 is 0 Å². The highest BCUT2D eigenvalue weighted by Crippen LogP contribution is 2.39. The minimum atomic E-state index is -0.475. The van der Waals surface area contributed by atoms with Crippen molar-refractivity contribution in [3.05, 3.63) is 0 Å². The van der Waals surface area contributed by atoms with Crippen LogP contribution in [-0.4, -0.2) is 17.0 Å². The molecular formula is C10H18O2. The fourth-order valence-corrected chi connectivity index (χ4v) is 2.57. The molecule has 0 aromatic rings. The summed E-state index contributed by atoms with van der Waals surface area (Å²) < 4.78 is 5.67. The van der Waals surface area contributed by atoms with Gasteiger partial charge in [-0.3, -0.25) is 0 Å². The topological polar surface area (TPSA) is 29.5 Å². The second-order valence-corrected chi connectivity index (χ2v) is 4.21. The van der Waals surface area contributed by atoms with Gasteiger partial charge in [0.25, 0.3) is 0 Å². The lowest BCUT2D eigenvalue weighted by Crippen LogP contribution is -2.42. The van der Waals surface area contributed by atoms with Gasteiger partial charge in [-0.25, -0.2) is 0 Å². The van der Waals surface area contributed by atoms with Crippen LogP contribution in [-0.2, 0) is 4.74 Å². The van der Waals surface area contributed by atoms with Gasteiger partial charge in [0.1, 0.15) is 0 Å². The zero-order valence-electron chi connectivity index (χ0n) is 7.59. The molecule has 1 unspecified atom stereocenters. The van der Waals surface area contributed by atoms with Crippen molar-refractivity contribution in [2.45, 2.75) is 63.3 Å². The van der Waals surface area contributed by atoms with Gasteiger partial charge in [-0.15, -0.1) is 0 Å². The van der Waals surface area contributed by atoms with Gasteiger partial charge in [-0.2, -0.15) is 0 Å². The van der Waals surface area contributed by atoms with E-state index in [1.807, 2.05) is 0 Å². The van der Waals surface area contributed by atoms with E-state index >= 15 is 0 Å². The maximum absolute atomic E-state index is 9.40. The molecule has 70 valence electrons. The largest absolute Gasteiger partial charge is 0.368 e. The summed E-state index contributed by atoms with van der Waals surface area (Å²) in [4.78, 5) is 0. The summed E-state index contributed by atoms with van der Waals surface area (Å²) in [6, 6.07) is 0. The van der Waals surface area contributed by atoms with Crippen LogP contribution in [0.5, 0.6) is 0 Å². The third-order valence-electron chi connectivity index (χ3n) is 3.23. The molecule has 1 spiro atoms. The first-order valence-corrected chi connectivity index (χ1v) is 5.17. The Hall–Kier alpha value is -0.0800. The monoisotopic (exact) mass is 170 g/mol. The molecular weight excluding hydrogens is 152 g/mol. The first-order chi connectivity index (χ1) is 5.81. The molecule has 0 amide bonds. The molecule has 12 heavy (non-hydrogen) atoms. The van der Waals surface area contributed by atoms with E-state index in [0.717, 1.165) is 12.8 Å². The molecule has 1 saturated carbocycles. The predicted molar refractivity (Wildman–Crippen MR) is 46.8 cm³/mol. The molecule has 1 heterocycles. The Balaban J connectivity index is 1.97. The minimum absolute atomic E-state index is 0.0793. The van der Waals surface area contributed by atoms with Crippen molar-refractivity contribution in [2.24, 2.45) is 0 Å². The molecule has 0 aromatic carbocycles. The van der Waals surface area contributed by atoms with Gasteiger partial charge in [-0.1, -0.05) is 19.3 Å². The van der Waals surface area contributed by atoms with Crippen LogP contribution in [0.15, 0.2) is 0 Å². The van der Waals surface area contributed by atoms with Crippen LogP contribution < -0.4 is 0 Å². The molecule has 1 aliphatic heterocycles. The maximum atomic E-state index is 9.40. The summed E-state index contributed by atoms with van der Waals surface area (Å²) in [5.41, 5.74) is 0.0793. The lowest BCUT2D eigenvalue weighted by atomic mass is 9.80. The molecule has 2 heteroatoms. The Bertz CT molecular complexity index is 144. The summed E-state index contributed by atoms with van der Waals surface area (Å²) in [5.74, 6) is 0. The summed E-state index contributed by atoms with van der Waals surface area (Å²) in [6.45, 7) is 0. The zero-order chi connectivity index (χ0) is 8.44. The van der Waals surface area contributed by atoms with Gasteiger partial charge in [-0.05, 0) is 32.1 Å². The standard InChI is InChI=1S/C10H18O2/c11-9-5-4-8-10(12-9)6-2-1-3-7-10/h9,11H,1-8H2. The lowest BCUT2D eigenvalue weighted by molar-refractivity contribution is -0.223. The molecule has 1 atom stereocenters. The van der Waals surface area contributed by atoms with Crippen molar-refractivity contribution in [1.29, 1.82) is 0 Å². The van der Waals surface area contributed by atoms with Crippen molar-refractivity contribution in [2.75, 3.05) is 0 Å². The first-order valence-electron chi connectivity index (χ1n) is 5.17. The van der Waals surface area contributed by atoms with E-state index in [1.165, 1.54) is 38.5 Å². The van der Waals surface area contributed by atoms with E-state index in [0.29, 0.717) is 0 Å². The van der Waals surface area contributed by atoms with Crippen LogP contribution in [0.25, 0.3) is 0 Å². The molecule has 2 rings (SSSR count). The van der Waals surface area contributed by atoms with Gasteiger partial charge in [0.05, 0.1) is 5.60 Å². The molecule has 0 aromatic heterocycles. The third-order valence-corrected chi connectivity index (χ3v) is 3.23. The molecule has 2 aliphatic rings. The number of aliphatic hydroxyl groups excluding tert-OH is 1. The van der Waals surface area contributed by atoms with Crippen molar-refractivity contribution >= 4 is 0 Å². The number of rotatable bonds is 0. The van der Waals surface area contributed by atoms with Crippen molar-refractivity contribution in [3.8, 4) is 0 Å². The molecule has 1 saturated heterocycles. The lowest BCUT2D eigenvalue weighted by Gasteiger charge is -2.42. The first kappa shape index (κ1) is 8.52. The zero-order valence-corrected chi connectivity index (χ0v) is 7.59. The molecule has 0 bridgehead atoms. The summed E-state index contributed by atoms with van der Waals surface area (Å²) in [7, 11) is 0. The second kappa shape index (κ2) is 3.35. The molecule has 2 fully saturated rings. The van der Waals surface area contributed by atoms with Gasteiger partial charge in [0, 0.05) is 0 Å². The SMILES string of the molecule is OC1CCCC2(CCCCC2)O1. The van der Waals surface area contributed by atoms with E-state index in [9.17, 15) is 5.11 Å². The molecule has 2 nitrogen and oxygen atoms in total. The summed E-state index contributed by atoms with van der Waals surface area (Å²) in [5, 5.41) is 9.40.